The summed E-state index contributed by atoms with van der Waals surface area (Å²) >= 11 is 0. The molecule has 1 aliphatic carbocycles. The molecule has 0 bridgehead atoms. The Morgan fingerprint density at radius 3 is 2.36 bits per heavy atom. The maximum Gasteiger partial charge on any atom is 0.103 e. The number of rotatable bonds is 3. The van der Waals surface area contributed by atoms with Crippen molar-refractivity contribution >= 4 is 11.7 Å². The van der Waals surface area contributed by atoms with Crippen LogP contribution < -0.4 is 11.5 Å². The van der Waals surface area contributed by atoms with Crippen LogP contribution in [-0.2, 0) is 0 Å². The second-order valence-corrected chi connectivity index (χ2v) is 3.69. The minimum atomic E-state index is 0.0763. The van der Waals surface area contributed by atoms with E-state index >= 15 is 0 Å². The van der Waals surface area contributed by atoms with Crippen LogP contribution in [0.25, 0.3) is 0 Å². The standard InChI is InChI=1S/C10H18N4/c1-2-14-10(13)8-6-4-3-5-7(8)9(11)12/h2,7-8H,1,3-6H2,(H3,11,12)(H2,13,14). The number of nitrogens with zero attached hydrogens (tertiary/aromatic N) is 1. The lowest BCUT2D eigenvalue weighted by molar-refractivity contribution is 0.371. The Bertz CT molecular complexity index is 257. The van der Waals surface area contributed by atoms with Crippen molar-refractivity contribution in [2.75, 3.05) is 0 Å². The molecule has 4 heteroatoms. The molecule has 0 aromatic rings. The Morgan fingerprint density at radius 1 is 1.29 bits per heavy atom. The third-order valence-electron chi connectivity index (χ3n) is 2.79. The SMILES string of the molecule is C=CN=C(N)C1CCCCC1C(=N)N. The molecule has 1 aliphatic rings. The van der Waals surface area contributed by atoms with Gasteiger partial charge < -0.3 is 11.5 Å². The van der Waals surface area contributed by atoms with Gasteiger partial charge in [0, 0.05) is 18.0 Å². The molecule has 0 amide bonds. The fourth-order valence-corrected chi connectivity index (χ4v) is 2.06. The number of amidine groups is 2. The molecule has 0 aliphatic heterocycles. The third-order valence-corrected chi connectivity index (χ3v) is 2.79. The first kappa shape index (κ1) is 10.8. The summed E-state index contributed by atoms with van der Waals surface area (Å²) < 4.78 is 0. The summed E-state index contributed by atoms with van der Waals surface area (Å²) in [4.78, 5) is 3.99. The average Bonchev–Trinajstić information content (AvgIpc) is 2.18. The quantitative estimate of drug-likeness (QED) is 0.466. The second kappa shape index (κ2) is 4.79. The molecule has 4 nitrogen and oxygen atoms in total. The van der Waals surface area contributed by atoms with E-state index in [0.717, 1.165) is 25.7 Å². The highest BCUT2D eigenvalue weighted by Gasteiger charge is 2.29. The third kappa shape index (κ3) is 2.34. The van der Waals surface area contributed by atoms with E-state index in [2.05, 4.69) is 11.6 Å². The maximum absolute atomic E-state index is 7.49. The molecule has 1 rings (SSSR count). The number of nitrogens with two attached hydrogens (primary N) is 2. The molecule has 2 atom stereocenters. The molecule has 0 heterocycles. The summed E-state index contributed by atoms with van der Waals surface area (Å²) in [7, 11) is 0. The fraction of sp³-hybridized carbons (Fsp3) is 0.600. The van der Waals surface area contributed by atoms with Crippen molar-refractivity contribution in [2.24, 2.45) is 28.3 Å². The monoisotopic (exact) mass is 194 g/mol. The van der Waals surface area contributed by atoms with Crippen molar-refractivity contribution in [1.29, 1.82) is 5.41 Å². The highest BCUT2D eigenvalue weighted by atomic mass is 14.9. The highest BCUT2D eigenvalue weighted by Crippen LogP contribution is 2.30. The summed E-state index contributed by atoms with van der Waals surface area (Å²) in [5.41, 5.74) is 11.4. The van der Waals surface area contributed by atoms with Gasteiger partial charge in [-0.3, -0.25) is 5.41 Å². The first-order valence-corrected chi connectivity index (χ1v) is 4.94. The van der Waals surface area contributed by atoms with Gasteiger partial charge in [0.25, 0.3) is 0 Å². The average molecular weight is 194 g/mol. The number of hydrogen-bond acceptors (Lipinski definition) is 2. The zero-order valence-corrected chi connectivity index (χ0v) is 8.37. The molecule has 2 unspecified atom stereocenters. The van der Waals surface area contributed by atoms with Gasteiger partial charge in [0.2, 0.25) is 0 Å². The smallest absolute Gasteiger partial charge is 0.103 e. The molecule has 0 aromatic heterocycles. The Balaban J connectivity index is 2.76. The predicted molar refractivity (Wildman–Crippen MR) is 59.2 cm³/mol. The van der Waals surface area contributed by atoms with Gasteiger partial charge in [-0.25, -0.2) is 4.99 Å². The van der Waals surface area contributed by atoms with Gasteiger partial charge in [-0.1, -0.05) is 19.4 Å². The minimum Gasteiger partial charge on any atom is -0.387 e. The summed E-state index contributed by atoms with van der Waals surface area (Å²) in [5.74, 6) is 1.02. The van der Waals surface area contributed by atoms with Crippen molar-refractivity contribution < 1.29 is 0 Å². The molecule has 0 radical (unpaired) electrons. The van der Waals surface area contributed by atoms with Gasteiger partial charge in [0.1, 0.15) is 5.84 Å². The van der Waals surface area contributed by atoms with E-state index in [-0.39, 0.29) is 17.7 Å². The number of hydrogen-bond donors (Lipinski definition) is 3. The zero-order chi connectivity index (χ0) is 10.6. The Kier molecular flexibility index (Phi) is 3.68. The topological polar surface area (TPSA) is 88.2 Å². The van der Waals surface area contributed by atoms with Crippen molar-refractivity contribution in [3.63, 3.8) is 0 Å². The fourth-order valence-electron chi connectivity index (χ4n) is 2.06. The van der Waals surface area contributed by atoms with Gasteiger partial charge in [-0.2, -0.15) is 0 Å². The molecule has 1 fully saturated rings. The van der Waals surface area contributed by atoms with E-state index in [9.17, 15) is 0 Å². The lowest BCUT2D eigenvalue weighted by Crippen LogP contribution is -2.39. The Hall–Kier alpha value is -1.32. The van der Waals surface area contributed by atoms with E-state index < -0.39 is 0 Å². The summed E-state index contributed by atoms with van der Waals surface area (Å²) in [6, 6.07) is 0. The number of nitrogens with one attached hydrogen (secondary N) is 1. The van der Waals surface area contributed by atoms with Crippen LogP contribution in [0.5, 0.6) is 0 Å². The first-order chi connectivity index (χ1) is 6.66. The van der Waals surface area contributed by atoms with Gasteiger partial charge in [0.05, 0.1) is 5.84 Å². The van der Waals surface area contributed by atoms with Crippen molar-refractivity contribution in [3.05, 3.63) is 12.8 Å². The van der Waals surface area contributed by atoms with Gasteiger partial charge >= 0.3 is 0 Å². The van der Waals surface area contributed by atoms with Crippen LogP contribution in [0.1, 0.15) is 25.7 Å². The van der Waals surface area contributed by atoms with Crippen LogP contribution in [0.3, 0.4) is 0 Å². The number of aliphatic imine (C=N–C) groups is 1. The maximum atomic E-state index is 7.49. The molecule has 78 valence electrons. The lowest BCUT2D eigenvalue weighted by atomic mass is 9.78. The van der Waals surface area contributed by atoms with E-state index in [0.29, 0.717) is 5.84 Å². The predicted octanol–water partition coefficient (Wildman–Crippen LogP) is 1.23. The van der Waals surface area contributed by atoms with Crippen LogP contribution in [0.2, 0.25) is 0 Å². The van der Waals surface area contributed by atoms with Crippen LogP contribution in [0.4, 0.5) is 0 Å². The van der Waals surface area contributed by atoms with E-state index in [1.165, 1.54) is 6.20 Å². The molecular weight excluding hydrogens is 176 g/mol. The van der Waals surface area contributed by atoms with Crippen LogP contribution in [0, 0.1) is 17.2 Å². The Labute approximate surface area is 84.6 Å². The highest BCUT2D eigenvalue weighted by molar-refractivity contribution is 5.90. The second-order valence-electron chi connectivity index (χ2n) is 3.69. The molecule has 0 saturated heterocycles. The molecular formula is C10H18N4. The normalized spacial score (nSPS) is 28.4. The lowest BCUT2D eigenvalue weighted by Gasteiger charge is -2.29. The molecule has 5 N–H and O–H groups in total. The first-order valence-electron chi connectivity index (χ1n) is 4.94. The molecule has 14 heavy (non-hydrogen) atoms. The van der Waals surface area contributed by atoms with Crippen molar-refractivity contribution in [1.82, 2.24) is 0 Å². The molecule has 0 aromatic carbocycles. The van der Waals surface area contributed by atoms with Crippen molar-refractivity contribution in [3.8, 4) is 0 Å². The van der Waals surface area contributed by atoms with Crippen LogP contribution >= 0.6 is 0 Å². The van der Waals surface area contributed by atoms with Gasteiger partial charge in [-0.15, -0.1) is 0 Å². The molecule has 1 saturated carbocycles. The van der Waals surface area contributed by atoms with E-state index in [1.807, 2.05) is 0 Å². The summed E-state index contributed by atoms with van der Waals surface area (Å²) in [6.45, 7) is 3.51. The molecule has 0 spiro atoms. The largest absolute Gasteiger partial charge is 0.387 e. The van der Waals surface area contributed by atoms with E-state index in [1.54, 1.807) is 0 Å². The van der Waals surface area contributed by atoms with Crippen molar-refractivity contribution in [2.45, 2.75) is 25.7 Å². The minimum absolute atomic E-state index is 0.0763. The van der Waals surface area contributed by atoms with Crippen LogP contribution in [0.15, 0.2) is 17.8 Å². The Morgan fingerprint density at radius 2 is 1.86 bits per heavy atom. The van der Waals surface area contributed by atoms with Gasteiger partial charge in [0.15, 0.2) is 0 Å². The van der Waals surface area contributed by atoms with Gasteiger partial charge in [-0.05, 0) is 12.8 Å². The summed E-state index contributed by atoms with van der Waals surface area (Å²) in [5, 5.41) is 7.49. The zero-order valence-electron chi connectivity index (χ0n) is 8.37. The van der Waals surface area contributed by atoms with Crippen LogP contribution in [-0.4, -0.2) is 11.7 Å². The summed E-state index contributed by atoms with van der Waals surface area (Å²) in [6.07, 6.45) is 5.64. The van der Waals surface area contributed by atoms with E-state index in [4.69, 9.17) is 16.9 Å².